The summed E-state index contributed by atoms with van der Waals surface area (Å²) in [5, 5.41) is 19.1. The summed E-state index contributed by atoms with van der Waals surface area (Å²) in [6.45, 7) is 7.83. The molecule has 8 nitrogen and oxygen atoms in total. The van der Waals surface area contributed by atoms with E-state index < -0.39 is 17.5 Å². The Kier molecular flexibility index (Phi) is 6.76. The van der Waals surface area contributed by atoms with Gasteiger partial charge in [-0.15, -0.1) is 0 Å². The Morgan fingerprint density at radius 3 is 2.65 bits per heavy atom. The van der Waals surface area contributed by atoms with Crippen LogP contribution >= 0.6 is 0 Å². The number of nitriles is 1. The van der Waals surface area contributed by atoms with Crippen molar-refractivity contribution < 1.29 is 14.1 Å². The SMILES string of the molecule is CC(C)(C)CC(NC(=O)c1ccno1)C(=O)NC1(C#N)CCN(Cc2ccccc2)C1. The maximum atomic E-state index is 13.2. The maximum absolute atomic E-state index is 13.2. The third kappa shape index (κ3) is 6.15. The molecule has 0 aliphatic carbocycles. The standard InChI is InChI=1S/C23H29N5O3/c1-22(2,3)13-18(26-21(30)19-9-11-25-31-19)20(29)27-23(15-24)10-12-28(16-23)14-17-7-5-4-6-8-17/h4-9,11,18H,10,12-14,16H2,1-3H3,(H,26,30)(H,27,29). The molecule has 2 unspecified atom stereocenters. The van der Waals surface area contributed by atoms with Gasteiger partial charge in [-0.05, 0) is 23.8 Å². The number of nitrogens with one attached hydrogen (secondary N) is 2. The molecule has 1 aromatic carbocycles. The van der Waals surface area contributed by atoms with Crippen molar-refractivity contribution in [3.05, 3.63) is 53.9 Å². The monoisotopic (exact) mass is 423 g/mol. The van der Waals surface area contributed by atoms with Crippen molar-refractivity contribution in [1.29, 1.82) is 5.26 Å². The molecule has 2 atom stereocenters. The molecule has 3 rings (SSSR count). The van der Waals surface area contributed by atoms with E-state index in [0.717, 1.165) is 5.56 Å². The zero-order chi connectivity index (χ0) is 22.5. The van der Waals surface area contributed by atoms with Gasteiger partial charge < -0.3 is 15.2 Å². The van der Waals surface area contributed by atoms with Crippen LogP contribution in [0.5, 0.6) is 0 Å². The molecular formula is C23H29N5O3. The fourth-order valence-corrected chi connectivity index (χ4v) is 3.79. The quantitative estimate of drug-likeness (QED) is 0.708. The van der Waals surface area contributed by atoms with E-state index in [1.54, 1.807) is 0 Å². The van der Waals surface area contributed by atoms with Crippen molar-refractivity contribution in [2.45, 2.75) is 51.7 Å². The van der Waals surface area contributed by atoms with Crippen molar-refractivity contribution in [1.82, 2.24) is 20.7 Å². The first-order valence-electron chi connectivity index (χ1n) is 10.4. The lowest BCUT2D eigenvalue weighted by Crippen LogP contribution is -2.56. The summed E-state index contributed by atoms with van der Waals surface area (Å²) < 4.78 is 4.90. The Bertz CT molecular complexity index is 930. The number of rotatable bonds is 7. The molecule has 0 radical (unpaired) electrons. The molecule has 2 amide bonds. The van der Waals surface area contributed by atoms with E-state index >= 15 is 0 Å². The normalized spacial score (nSPS) is 20.1. The van der Waals surface area contributed by atoms with E-state index in [-0.39, 0.29) is 17.1 Å². The average molecular weight is 424 g/mol. The second kappa shape index (κ2) is 9.31. The van der Waals surface area contributed by atoms with Crippen molar-refractivity contribution >= 4 is 11.8 Å². The lowest BCUT2D eigenvalue weighted by atomic mass is 9.87. The van der Waals surface area contributed by atoms with Crippen molar-refractivity contribution in [2.75, 3.05) is 13.1 Å². The van der Waals surface area contributed by atoms with Gasteiger partial charge in [0.15, 0.2) is 0 Å². The molecule has 1 saturated heterocycles. The second-order valence-corrected chi connectivity index (χ2v) is 9.30. The minimum atomic E-state index is -0.987. The van der Waals surface area contributed by atoms with E-state index in [9.17, 15) is 14.9 Å². The highest BCUT2D eigenvalue weighted by molar-refractivity contribution is 5.95. The number of hydrogen-bond donors (Lipinski definition) is 2. The Hall–Kier alpha value is -3.18. The highest BCUT2D eigenvalue weighted by Gasteiger charge is 2.41. The number of nitrogens with zero attached hydrogens (tertiary/aromatic N) is 3. The molecule has 2 aromatic rings. The van der Waals surface area contributed by atoms with E-state index in [4.69, 9.17) is 4.52 Å². The van der Waals surface area contributed by atoms with Gasteiger partial charge in [0.05, 0.1) is 12.3 Å². The van der Waals surface area contributed by atoms with Crippen LogP contribution in [0.4, 0.5) is 0 Å². The van der Waals surface area contributed by atoms with Crippen LogP contribution in [-0.2, 0) is 11.3 Å². The molecule has 8 heteroatoms. The topological polar surface area (TPSA) is 111 Å². The number of aromatic nitrogens is 1. The minimum absolute atomic E-state index is 0.0385. The van der Waals surface area contributed by atoms with E-state index in [2.05, 4.69) is 26.8 Å². The Morgan fingerprint density at radius 2 is 2.03 bits per heavy atom. The number of amides is 2. The second-order valence-electron chi connectivity index (χ2n) is 9.30. The number of hydrogen-bond acceptors (Lipinski definition) is 6. The number of carbonyl (C=O) groups is 2. The van der Waals surface area contributed by atoms with Crippen LogP contribution in [0, 0.1) is 16.7 Å². The van der Waals surface area contributed by atoms with Crippen LogP contribution < -0.4 is 10.6 Å². The van der Waals surface area contributed by atoms with Crippen LogP contribution in [0.25, 0.3) is 0 Å². The van der Waals surface area contributed by atoms with Gasteiger partial charge in [0.2, 0.25) is 11.7 Å². The van der Waals surface area contributed by atoms with Crippen LogP contribution in [0.1, 0.15) is 49.7 Å². The van der Waals surface area contributed by atoms with E-state index in [1.165, 1.54) is 12.3 Å². The fraction of sp³-hybridized carbons (Fsp3) is 0.478. The summed E-state index contributed by atoms with van der Waals surface area (Å²) in [7, 11) is 0. The Morgan fingerprint density at radius 1 is 1.29 bits per heavy atom. The number of likely N-dealkylation sites (tertiary alicyclic amines) is 1. The highest BCUT2D eigenvalue weighted by atomic mass is 16.5. The van der Waals surface area contributed by atoms with Gasteiger partial charge >= 0.3 is 0 Å². The third-order valence-corrected chi connectivity index (χ3v) is 5.27. The first-order chi connectivity index (χ1) is 14.7. The van der Waals surface area contributed by atoms with Crippen LogP contribution in [0.15, 0.2) is 47.1 Å². The predicted octanol–water partition coefficient (Wildman–Crippen LogP) is 2.49. The van der Waals surface area contributed by atoms with E-state index in [1.807, 2.05) is 51.1 Å². The molecule has 1 aromatic heterocycles. The van der Waals surface area contributed by atoms with Gasteiger partial charge in [-0.1, -0.05) is 56.3 Å². The van der Waals surface area contributed by atoms with Gasteiger partial charge in [0.25, 0.3) is 5.91 Å². The van der Waals surface area contributed by atoms with Gasteiger partial charge in [0, 0.05) is 25.7 Å². The van der Waals surface area contributed by atoms with E-state index in [0.29, 0.717) is 32.5 Å². The van der Waals surface area contributed by atoms with Gasteiger partial charge in [-0.2, -0.15) is 5.26 Å². The summed E-state index contributed by atoms with van der Waals surface area (Å²) in [4.78, 5) is 27.8. The first kappa shape index (κ1) is 22.5. The van der Waals surface area contributed by atoms with Crippen LogP contribution in [-0.4, -0.2) is 46.5 Å². The van der Waals surface area contributed by atoms with Crippen LogP contribution in [0.2, 0.25) is 0 Å². The zero-order valence-electron chi connectivity index (χ0n) is 18.2. The molecule has 2 N–H and O–H groups in total. The highest BCUT2D eigenvalue weighted by Crippen LogP contribution is 2.25. The summed E-state index contributed by atoms with van der Waals surface area (Å²) in [5.74, 6) is -0.840. The summed E-state index contributed by atoms with van der Waals surface area (Å²) >= 11 is 0. The number of carbonyl (C=O) groups excluding carboxylic acids is 2. The van der Waals surface area contributed by atoms with Gasteiger partial charge in [-0.25, -0.2) is 0 Å². The Balaban J connectivity index is 1.68. The predicted molar refractivity (Wildman–Crippen MR) is 115 cm³/mol. The Labute approximate surface area is 182 Å². The maximum Gasteiger partial charge on any atom is 0.290 e. The van der Waals surface area contributed by atoms with Crippen molar-refractivity contribution in [3.8, 4) is 6.07 Å². The van der Waals surface area contributed by atoms with Gasteiger partial charge in [0.1, 0.15) is 11.6 Å². The molecule has 164 valence electrons. The summed E-state index contributed by atoms with van der Waals surface area (Å²) in [5.41, 5.74) is -0.0442. The molecule has 0 bridgehead atoms. The minimum Gasteiger partial charge on any atom is -0.351 e. The molecule has 0 saturated carbocycles. The lowest BCUT2D eigenvalue weighted by Gasteiger charge is -2.30. The van der Waals surface area contributed by atoms with Crippen molar-refractivity contribution in [2.24, 2.45) is 5.41 Å². The smallest absolute Gasteiger partial charge is 0.290 e. The summed E-state index contributed by atoms with van der Waals surface area (Å²) in [6, 6.07) is 13.0. The lowest BCUT2D eigenvalue weighted by molar-refractivity contribution is -0.125. The zero-order valence-corrected chi connectivity index (χ0v) is 18.2. The van der Waals surface area contributed by atoms with Crippen molar-refractivity contribution in [3.63, 3.8) is 0 Å². The van der Waals surface area contributed by atoms with Gasteiger partial charge in [-0.3, -0.25) is 14.5 Å². The molecule has 31 heavy (non-hydrogen) atoms. The first-order valence-corrected chi connectivity index (χ1v) is 10.4. The summed E-state index contributed by atoms with van der Waals surface area (Å²) in [6.07, 6.45) is 2.31. The molecule has 0 spiro atoms. The average Bonchev–Trinajstić information content (AvgIpc) is 3.38. The molecular weight excluding hydrogens is 394 g/mol. The molecule has 1 aliphatic heterocycles. The third-order valence-electron chi connectivity index (χ3n) is 5.27. The van der Waals surface area contributed by atoms with Crippen LogP contribution in [0.3, 0.4) is 0 Å². The molecule has 1 fully saturated rings. The molecule has 1 aliphatic rings. The largest absolute Gasteiger partial charge is 0.351 e. The fourth-order valence-electron chi connectivity index (χ4n) is 3.79. The molecule has 2 heterocycles. The number of benzene rings is 1.